The van der Waals surface area contributed by atoms with Crippen LogP contribution in [-0.2, 0) is 25.0 Å². The van der Waals surface area contributed by atoms with Crippen LogP contribution >= 0.6 is 0 Å². The van der Waals surface area contributed by atoms with Gasteiger partial charge < -0.3 is 19.9 Å². The molecule has 9 nitrogen and oxygen atoms in total. The van der Waals surface area contributed by atoms with Gasteiger partial charge in [0.2, 0.25) is 16.0 Å². The monoisotopic (exact) mass is 478 g/mol. The number of guanidine groups is 1. The van der Waals surface area contributed by atoms with Crippen molar-refractivity contribution in [3.8, 4) is 11.8 Å². The standard InChI is InChI=1S/C22H27FN4O5S/c1-27-19(25)26-22(13-32-15(7-30-2)6-18(22)33(27,28)29)16-5-14(3-4-17(16)23)31-12-21-8-20(9-21,10-21)11-24/h3-5,15,18H,6-10,12-13H2,1-2H3,(H2,25,26)/t15-,18-,20?,21?,22-/m1/s1. The zero-order valence-corrected chi connectivity index (χ0v) is 19.4. The van der Waals surface area contributed by atoms with Gasteiger partial charge in [0.1, 0.15) is 22.4 Å². The fourth-order valence-corrected chi connectivity index (χ4v) is 7.84. The summed E-state index contributed by atoms with van der Waals surface area (Å²) < 4.78 is 59.8. The number of hydrogen-bond acceptors (Lipinski definition) is 8. The minimum absolute atomic E-state index is 0.00585. The number of methoxy groups -OCH3 is 1. The van der Waals surface area contributed by atoms with Crippen LogP contribution in [0.3, 0.4) is 0 Å². The average Bonchev–Trinajstić information content (AvgIpc) is 2.73. The summed E-state index contributed by atoms with van der Waals surface area (Å²) in [7, 11) is -1.08. The van der Waals surface area contributed by atoms with Gasteiger partial charge in [-0.3, -0.25) is 0 Å². The molecule has 1 saturated heterocycles. The van der Waals surface area contributed by atoms with E-state index in [2.05, 4.69) is 11.1 Å². The highest BCUT2D eigenvalue weighted by Gasteiger charge is 2.68. The second-order valence-corrected chi connectivity index (χ2v) is 12.0. The maximum Gasteiger partial charge on any atom is 0.243 e. The van der Waals surface area contributed by atoms with Crippen molar-refractivity contribution in [2.24, 2.45) is 21.6 Å². The summed E-state index contributed by atoms with van der Waals surface area (Å²) >= 11 is 0. The van der Waals surface area contributed by atoms with E-state index in [9.17, 15) is 13.7 Å². The molecule has 3 atom stereocenters. The largest absolute Gasteiger partial charge is 0.493 e. The summed E-state index contributed by atoms with van der Waals surface area (Å²) in [5.74, 6) is -0.410. The predicted octanol–water partition coefficient (Wildman–Crippen LogP) is 1.49. The molecular weight excluding hydrogens is 451 g/mol. The summed E-state index contributed by atoms with van der Waals surface area (Å²) in [4.78, 5) is 4.49. The first kappa shape index (κ1) is 22.4. The molecule has 6 rings (SSSR count). The molecule has 33 heavy (non-hydrogen) atoms. The molecule has 0 radical (unpaired) electrons. The van der Waals surface area contributed by atoms with Gasteiger partial charge in [-0.2, -0.15) is 5.26 Å². The quantitative estimate of drug-likeness (QED) is 0.656. The van der Waals surface area contributed by atoms with Crippen LogP contribution in [0.2, 0.25) is 0 Å². The van der Waals surface area contributed by atoms with Gasteiger partial charge in [0, 0.05) is 25.1 Å². The maximum atomic E-state index is 15.2. The van der Waals surface area contributed by atoms with Crippen LogP contribution < -0.4 is 10.5 Å². The number of sulfonamides is 1. The van der Waals surface area contributed by atoms with E-state index < -0.39 is 32.7 Å². The molecule has 0 unspecified atom stereocenters. The second-order valence-electron chi connectivity index (χ2n) is 9.87. The maximum absolute atomic E-state index is 15.2. The fourth-order valence-electron chi connectivity index (χ4n) is 5.95. The van der Waals surface area contributed by atoms with Crippen LogP contribution in [0.5, 0.6) is 5.75 Å². The normalized spacial score (nSPS) is 38.2. The Morgan fingerprint density at radius 1 is 1.39 bits per heavy atom. The summed E-state index contributed by atoms with van der Waals surface area (Å²) in [5.41, 5.74) is 4.33. The Kier molecular flexibility index (Phi) is 4.94. The Balaban J connectivity index is 1.48. The molecule has 0 spiro atoms. The first-order valence-corrected chi connectivity index (χ1v) is 12.4. The van der Waals surface area contributed by atoms with Crippen molar-refractivity contribution in [2.75, 3.05) is 34.0 Å². The molecule has 2 heterocycles. The van der Waals surface area contributed by atoms with E-state index >= 15 is 4.39 Å². The van der Waals surface area contributed by atoms with E-state index in [4.69, 9.17) is 19.9 Å². The Hall–Kier alpha value is -2.42. The Bertz CT molecular complexity index is 1150. The van der Waals surface area contributed by atoms with Gasteiger partial charge in [-0.15, -0.1) is 0 Å². The smallest absolute Gasteiger partial charge is 0.243 e. The number of aliphatic imine (C=N–C) groups is 1. The van der Waals surface area contributed by atoms with Crippen molar-refractivity contribution >= 4 is 16.0 Å². The summed E-state index contributed by atoms with van der Waals surface area (Å²) in [5, 5.41) is 8.14. The lowest BCUT2D eigenvalue weighted by Gasteiger charge is -2.66. The first-order chi connectivity index (χ1) is 15.6. The van der Waals surface area contributed by atoms with E-state index in [1.807, 2.05) is 0 Å². The summed E-state index contributed by atoms with van der Waals surface area (Å²) in [6.07, 6.45) is 2.07. The highest BCUT2D eigenvalue weighted by Crippen LogP contribution is 2.72. The third-order valence-corrected chi connectivity index (χ3v) is 9.86. The van der Waals surface area contributed by atoms with Gasteiger partial charge in [-0.05, 0) is 43.9 Å². The number of fused-ring (bicyclic) bond motifs is 1. The summed E-state index contributed by atoms with van der Waals surface area (Å²) in [6, 6.07) is 6.65. The highest BCUT2D eigenvalue weighted by molar-refractivity contribution is 7.90. The molecule has 3 saturated carbocycles. The number of hydrogen-bond donors (Lipinski definition) is 1. The molecule has 1 aromatic carbocycles. The van der Waals surface area contributed by atoms with Crippen LogP contribution in [0, 0.1) is 28.0 Å². The zero-order valence-electron chi connectivity index (χ0n) is 18.6. The predicted molar refractivity (Wildman–Crippen MR) is 116 cm³/mol. The van der Waals surface area contributed by atoms with Gasteiger partial charge >= 0.3 is 0 Å². The van der Waals surface area contributed by atoms with E-state index in [-0.39, 0.29) is 42.0 Å². The number of nitriles is 1. The fraction of sp³-hybridized carbons (Fsp3) is 0.636. The van der Waals surface area contributed by atoms with E-state index in [1.165, 1.54) is 32.4 Å². The van der Waals surface area contributed by atoms with Crippen molar-refractivity contribution in [1.82, 2.24) is 4.31 Å². The molecule has 178 valence electrons. The second kappa shape index (κ2) is 7.29. The number of benzene rings is 1. The van der Waals surface area contributed by atoms with Gasteiger partial charge in [-0.25, -0.2) is 22.1 Å². The molecule has 3 aliphatic carbocycles. The molecule has 0 amide bonds. The Morgan fingerprint density at radius 2 is 2.12 bits per heavy atom. The topological polar surface area (TPSA) is 127 Å². The molecule has 11 heteroatoms. The SMILES string of the molecule is COC[C@H]1C[C@@H]2[C@](c3cc(OCC45CC(C#N)(C4)C5)ccc3F)(CO1)N=C(N)N(C)S2(=O)=O. The molecular formula is C22H27FN4O5S. The van der Waals surface area contributed by atoms with Gasteiger partial charge in [0.05, 0.1) is 37.4 Å². The number of nitrogens with two attached hydrogens (primary N) is 1. The van der Waals surface area contributed by atoms with Gasteiger partial charge in [0.25, 0.3) is 0 Å². The number of ether oxygens (including phenoxy) is 3. The molecule has 2 aliphatic heterocycles. The van der Waals surface area contributed by atoms with Crippen molar-refractivity contribution in [1.29, 1.82) is 5.26 Å². The van der Waals surface area contributed by atoms with Crippen molar-refractivity contribution in [2.45, 2.75) is 42.6 Å². The number of rotatable bonds is 6. The van der Waals surface area contributed by atoms with Crippen LogP contribution in [-0.4, -0.2) is 64.0 Å². The Labute approximate surface area is 192 Å². The minimum Gasteiger partial charge on any atom is -0.493 e. The van der Waals surface area contributed by atoms with Crippen molar-refractivity contribution in [3.05, 3.63) is 29.6 Å². The Morgan fingerprint density at radius 3 is 2.79 bits per heavy atom. The first-order valence-electron chi connectivity index (χ1n) is 10.9. The zero-order chi connectivity index (χ0) is 23.6. The van der Waals surface area contributed by atoms with Crippen LogP contribution in [0.25, 0.3) is 0 Å². The molecule has 1 aromatic rings. The van der Waals surface area contributed by atoms with E-state index in [0.29, 0.717) is 12.4 Å². The molecule has 2 bridgehead atoms. The third-order valence-electron chi connectivity index (χ3n) is 7.61. The van der Waals surface area contributed by atoms with Crippen molar-refractivity contribution in [3.63, 3.8) is 0 Å². The van der Waals surface area contributed by atoms with E-state index in [0.717, 1.165) is 23.6 Å². The molecule has 2 N–H and O–H groups in total. The highest BCUT2D eigenvalue weighted by atomic mass is 32.2. The van der Waals surface area contributed by atoms with Crippen molar-refractivity contribution < 1.29 is 27.0 Å². The lowest BCUT2D eigenvalue weighted by atomic mass is 9.36. The molecule has 5 aliphatic rings. The van der Waals surface area contributed by atoms with Crippen LogP contribution in [0.1, 0.15) is 31.2 Å². The van der Waals surface area contributed by atoms with Gasteiger partial charge in [-0.1, -0.05) is 0 Å². The van der Waals surface area contributed by atoms with Gasteiger partial charge in [0.15, 0.2) is 0 Å². The number of nitrogens with zero attached hydrogens (tertiary/aromatic N) is 3. The van der Waals surface area contributed by atoms with Crippen LogP contribution in [0.15, 0.2) is 23.2 Å². The average molecular weight is 479 g/mol. The molecule has 4 fully saturated rings. The summed E-state index contributed by atoms with van der Waals surface area (Å²) in [6.45, 7) is 0.480. The third kappa shape index (κ3) is 3.22. The lowest BCUT2D eigenvalue weighted by Crippen LogP contribution is -2.63. The lowest BCUT2D eigenvalue weighted by molar-refractivity contribution is -0.181. The molecule has 0 aromatic heterocycles. The number of halogens is 1. The van der Waals surface area contributed by atoms with Crippen LogP contribution in [0.4, 0.5) is 4.39 Å². The minimum atomic E-state index is -3.93. The van der Waals surface area contributed by atoms with E-state index in [1.54, 1.807) is 0 Å².